The largest absolute Gasteiger partial charge is 0.389 e. The molecule has 2 heterocycles. The molecule has 0 spiro atoms. The van der Waals surface area contributed by atoms with Gasteiger partial charge >= 0.3 is 6.03 Å². The van der Waals surface area contributed by atoms with E-state index >= 15 is 0 Å². The van der Waals surface area contributed by atoms with Gasteiger partial charge in [-0.15, -0.1) is 0 Å². The van der Waals surface area contributed by atoms with Gasteiger partial charge in [0.1, 0.15) is 6.10 Å². The molecule has 0 saturated carbocycles. The fraction of sp³-hybridized carbons (Fsp3) is 0.588. The number of hydrogen-bond acceptors (Lipinski definition) is 5. The van der Waals surface area contributed by atoms with Crippen LogP contribution in [-0.2, 0) is 16.0 Å². The zero-order chi connectivity index (χ0) is 16.8. The van der Waals surface area contributed by atoms with Crippen molar-refractivity contribution < 1.29 is 19.4 Å². The van der Waals surface area contributed by atoms with Crippen LogP contribution in [0, 0.1) is 0 Å². The van der Waals surface area contributed by atoms with Gasteiger partial charge in [-0.25, -0.2) is 4.79 Å². The molecule has 0 aromatic heterocycles. The Bertz CT molecular complexity index is 522. The normalized spacial score (nSPS) is 27.2. The average molecular weight is 335 g/mol. The number of urea groups is 1. The lowest BCUT2D eigenvalue weighted by molar-refractivity contribution is 0.0360. The van der Waals surface area contributed by atoms with Crippen molar-refractivity contribution in [3.05, 3.63) is 35.9 Å². The Morgan fingerprint density at radius 2 is 2.00 bits per heavy atom. The molecule has 2 saturated heterocycles. The summed E-state index contributed by atoms with van der Waals surface area (Å²) in [5.41, 5.74) is 1.16. The van der Waals surface area contributed by atoms with Crippen molar-refractivity contribution in [2.24, 2.45) is 0 Å². The maximum atomic E-state index is 12.1. The fourth-order valence-electron chi connectivity index (χ4n) is 2.95. The summed E-state index contributed by atoms with van der Waals surface area (Å²) < 4.78 is 10.9. The molecule has 3 N–H and O–H groups in total. The summed E-state index contributed by atoms with van der Waals surface area (Å²) in [5.74, 6) is 0. The highest BCUT2D eigenvalue weighted by atomic mass is 16.5. The summed E-state index contributed by atoms with van der Waals surface area (Å²) in [6, 6.07) is 9.77. The minimum absolute atomic E-state index is 0.129. The highest BCUT2D eigenvalue weighted by molar-refractivity contribution is 5.74. The van der Waals surface area contributed by atoms with Crippen LogP contribution in [-0.4, -0.2) is 73.7 Å². The first-order valence-corrected chi connectivity index (χ1v) is 8.41. The molecule has 0 bridgehead atoms. The lowest BCUT2D eigenvalue weighted by Gasteiger charge is -2.27. The van der Waals surface area contributed by atoms with Crippen LogP contribution in [0.4, 0.5) is 4.79 Å². The van der Waals surface area contributed by atoms with Crippen molar-refractivity contribution in [1.82, 2.24) is 15.5 Å². The summed E-state index contributed by atoms with van der Waals surface area (Å²) in [6.45, 7) is 3.76. The lowest BCUT2D eigenvalue weighted by atomic mass is 10.1. The van der Waals surface area contributed by atoms with Gasteiger partial charge in [0.15, 0.2) is 0 Å². The molecule has 2 amide bonds. The van der Waals surface area contributed by atoms with Gasteiger partial charge < -0.3 is 30.1 Å². The summed E-state index contributed by atoms with van der Waals surface area (Å²) in [4.78, 5) is 13.8. The van der Waals surface area contributed by atoms with Gasteiger partial charge in [0.25, 0.3) is 0 Å². The first kappa shape index (κ1) is 17.2. The number of amides is 2. The number of nitrogens with one attached hydrogen (secondary N) is 2. The van der Waals surface area contributed by atoms with Gasteiger partial charge in [-0.05, 0) is 5.56 Å². The molecular weight excluding hydrogens is 310 g/mol. The average Bonchev–Trinajstić information content (AvgIpc) is 2.99. The molecule has 132 valence electrons. The number of aliphatic hydroxyl groups is 1. The number of nitrogens with zero attached hydrogens (tertiary/aromatic N) is 1. The lowest BCUT2D eigenvalue weighted by Crippen LogP contribution is -2.50. The van der Waals surface area contributed by atoms with Crippen molar-refractivity contribution in [2.75, 3.05) is 39.5 Å². The number of rotatable bonds is 5. The van der Waals surface area contributed by atoms with E-state index in [4.69, 9.17) is 9.47 Å². The molecule has 0 radical (unpaired) electrons. The Morgan fingerprint density at radius 3 is 2.75 bits per heavy atom. The predicted octanol–water partition coefficient (Wildman–Crippen LogP) is -0.0537. The highest BCUT2D eigenvalue weighted by Gasteiger charge is 2.35. The Balaban J connectivity index is 1.40. The molecular formula is C17H25N3O4. The summed E-state index contributed by atoms with van der Waals surface area (Å²) >= 11 is 0. The van der Waals surface area contributed by atoms with E-state index in [1.54, 1.807) is 4.90 Å². The standard InChI is InChI=1S/C17H25N3O4/c21-16-14(18-10-13-4-2-1-3-5-13)12-24-15(16)11-19-17(22)20-6-8-23-9-7-20/h1-5,14-16,18,21H,6-12H2,(H,19,22)/t14-,15-,16+/m1/s1. The molecule has 7 heteroatoms. The molecule has 24 heavy (non-hydrogen) atoms. The first-order valence-electron chi connectivity index (χ1n) is 8.41. The molecule has 1 aromatic rings. The quantitative estimate of drug-likeness (QED) is 0.703. The van der Waals surface area contributed by atoms with E-state index in [0.29, 0.717) is 46.0 Å². The smallest absolute Gasteiger partial charge is 0.317 e. The fourth-order valence-corrected chi connectivity index (χ4v) is 2.95. The third-order valence-electron chi connectivity index (χ3n) is 4.45. The van der Waals surface area contributed by atoms with Gasteiger partial charge in [0, 0.05) is 26.2 Å². The molecule has 2 fully saturated rings. The van der Waals surface area contributed by atoms with E-state index in [2.05, 4.69) is 10.6 Å². The molecule has 7 nitrogen and oxygen atoms in total. The van der Waals surface area contributed by atoms with Crippen LogP contribution >= 0.6 is 0 Å². The molecule has 3 atom stereocenters. The number of morpholine rings is 1. The second kappa shape index (κ2) is 8.43. The maximum absolute atomic E-state index is 12.1. The van der Waals surface area contributed by atoms with Crippen LogP contribution in [0.15, 0.2) is 30.3 Å². The van der Waals surface area contributed by atoms with Crippen molar-refractivity contribution in [2.45, 2.75) is 24.8 Å². The summed E-state index contributed by atoms with van der Waals surface area (Å²) in [5, 5.41) is 16.5. The minimum Gasteiger partial charge on any atom is -0.389 e. The molecule has 0 aliphatic carbocycles. The SMILES string of the molecule is O=C(NC[C@H]1OC[C@@H](NCc2ccccc2)[C@@H]1O)N1CCOCC1. The van der Waals surface area contributed by atoms with Crippen LogP contribution < -0.4 is 10.6 Å². The Labute approximate surface area is 141 Å². The van der Waals surface area contributed by atoms with Gasteiger partial charge in [0.05, 0.1) is 32.0 Å². The van der Waals surface area contributed by atoms with E-state index < -0.39 is 6.10 Å². The Kier molecular flexibility index (Phi) is 6.03. The van der Waals surface area contributed by atoms with Gasteiger partial charge in [-0.1, -0.05) is 30.3 Å². The van der Waals surface area contributed by atoms with Crippen LogP contribution in [0.25, 0.3) is 0 Å². The van der Waals surface area contributed by atoms with Crippen LogP contribution in [0.5, 0.6) is 0 Å². The van der Waals surface area contributed by atoms with Crippen molar-refractivity contribution in [3.8, 4) is 0 Å². The zero-order valence-corrected chi connectivity index (χ0v) is 13.7. The summed E-state index contributed by atoms with van der Waals surface area (Å²) in [6.07, 6.45) is -1.03. The summed E-state index contributed by atoms with van der Waals surface area (Å²) in [7, 11) is 0. The first-order chi connectivity index (χ1) is 11.7. The number of hydrogen-bond donors (Lipinski definition) is 3. The Morgan fingerprint density at radius 1 is 1.25 bits per heavy atom. The molecule has 3 rings (SSSR count). The van der Waals surface area contributed by atoms with Crippen LogP contribution in [0.3, 0.4) is 0 Å². The van der Waals surface area contributed by atoms with E-state index in [1.165, 1.54) is 0 Å². The highest BCUT2D eigenvalue weighted by Crippen LogP contribution is 2.15. The Hall–Kier alpha value is -1.67. The van der Waals surface area contributed by atoms with E-state index in [-0.39, 0.29) is 18.2 Å². The number of carbonyl (C=O) groups is 1. The van der Waals surface area contributed by atoms with Gasteiger partial charge in [-0.2, -0.15) is 0 Å². The van der Waals surface area contributed by atoms with Gasteiger partial charge in [-0.3, -0.25) is 0 Å². The number of ether oxygens (including phenoxy) is 2. The van der Waals surface area contributed by atoms with Crippen LogP contribution in [0.2, 0.25) is 0 Å². The van der Waals surface area contributed by atoms with Gasteiger partial charge in [0.2, 0.25) is 0 Å². The molecule has 2 aliphatic rings. The topological polar surface area (TPSA) is 83.1 Å². The number of benzene rings is 1. The third-order valence-corrected chi connectivity index (χ3v) is 4.45. The second-order valence-electron chi connectivity index (χ2n) is 6.12. The minimum atomic E-state index is -0.640. The van der Waals surface area contributed by atoms with E-state index in [1.807, 2.05) is 30.3 Å². The van der Waals surface area contributed by atoms with Crippen LogP contribution in [0.1, 0.15) is 5.56 Å². The zero-order valence-electron chi connectivity index (χ0n) is 13.7. The molecule has 1 aromatic carbocycles. The number of aliphatic hydroxyl groups excluding tert-OH is 1. The predicted molar refractivity (Wildman–Crippen MR) is 88.6 cm³/mol. The molecule has 0 unspecified atom stereocenters. The molecule has 2 aliphatic heterocycles. The van der Waals surface area contributed by atoms with E-state index in [9.17, 15) is 9.90 Å². The second-order valence-corrected chi connectivity index (χ2v) is 6.12. The van der Waals surface area contributed by atoms with E-state index in [0.717, 1.165) is 5.56 Å². The van der Waals surface area contributed by atoms with Crippen molar-refractivity contribution >= 4 is 6.03 Å². The van der Waals surface area contributed by atoms with Crippen molar-refractivity contribution in [1.29, 1.82) is 0 Å². The third kappa shape index (κ3) is 4.45. The van der Waals surface area contributed by atoms with Crippen molar-refractivity contribution in [3.63, 3.8) is 0 Å². The monoisotopic (exact) mass is 335 g/mol. The number of carbonyl (C=O) groups excluding carboxylic acids is 1. The maximum Gasteiger partial charge on any atom is 0.317 e.